The van der Waals surface area contributed by atoms with Crippen molar-refractivity contribution in [2.45, 2.75) is 12.8 Å². The third-order valence-electron chi connectivity index (χ3n) is 7.46. The molecule has 0 saturated heterocycles. The predicted molar refractivity (Wildman–Crippen MR) is 154 cm³/mol. The number of hydrogen-bond acceptors (Lipinski definition) is 1. The molecule has 3 nitrogen and oxygen atoms in total. The number of nitrogen functional groups attached to an aromatic ring is 1. The quantitative estimate of drug-likeness (QED) is 0.200. The highest BCUT2D eigenvalue weighted by atomic mass is 15.3. The van der Waals surface area contributed by atoms with E-state index < -0.39 is 0 Å². The van der Waals surface area contributed by atoms with Gasteiger partial charge in [-0.2, -0.15) is 0 Å². The lowest BCUT2D eigenvalue weighted by Gasteiger charge is -2.13. The van der Waals surface area contributed by atoms with Crippen LogP contribution in [0.3, 0.4) is 0 Å². The van der Waals surface area contributed by atoms with E-state index in [9.17, 15) is 0 Å². The molecule has 0 amide bonds. The van der Waals surface area contributed by atoms with Crippen LogP contribution in [0.2, 0.25) is 0 Å². The minimum Gasteiger partial charge on any atom is -0.354 e. The number of hydrogen-bond donors (Lipinski definition) is 2. The Hall–Kier alpha value is -4.50. The Morgan fingerprint density at radius 2 is 1.39 bits per heavy atom. The van der Waals surface area contributed by atoms with Gasteiger partial charge in [0.15, 0.2) is 0 Å². The molecule has 0 bridgehead atoms. The first-order valence-corrected chi connectivity index (χ1v) is 12.4. The van der Waals surface area contributed by atoms with Gasteiger partial charge in [-0.3, -0.25) is 4.68 Å². The number of fused-ring (bicyclic) bond motifs is 6. The van der Waals surface area contributed by atoms with Crippen molar-refractivity contribution in [3.63, 3.8) is 0 Å². The molecule has 2 aromatic heterocycles. The Kier molecular flexibility index (Phi) is 4.49. The van der Waals surface area contributed by atoms with E-state index in [0.29, 0.717) is 0 Å². The van der Waals surface area contributed by atoms with Crippen molar-refractivity contribution in [2.24, 2.45) is 0 Å². The number of nitrogens with two attached hydrogens (primary N) is 1. The first-order chi connectivity index (χ1) is 17.6. The maximum absolute atomic E-state index is 6.43. The van der Waals surface area contributed by atoms with Gasteiger partial charge in [0.2, 0.25) is 0 Å². The van der Waals surface area contributed by atoms with Gasteiger partial charge in [0.1, 0.15) is 0 Å². The van der Waals surface area contributed by atoms with E-state index in [0.717, 1.165) is 16.6 Å². The second kappa shape index (κ2) is 7.76. The van der Waals surface area contributed by atoms with Crippen molar-refractivity contribution in [3.05, 3.63) is 116 Å². The lowest BCUT2D eigenvalue weighted by atomic mass is 9.91. The average molecular weight is 465 g/mol. The molecule has 0 aliphatic rings. The summed E-state index contributed by atoms with van der Waals surface area (Å²) in [6, 6.07) is 36.7. The normalized spacial score (nSPS) is 12.7. The summed E-state index contributed by atoms with van der Waals surface area (Å²) in [5.41, 5.74) is 10.5. The molecule has 2 heterocycles. The molecule has 0 aliphatic carbocycles. The number of benzene rings is 5. The van der Waals surface area contributed by atoms with Gasteiger partial charge in [-0.1, -0.05) is 91.3 Å². The van der Waals surface area contributed by atoms with Crippen molar-refractivity contribution in [1.82, 2.24) is 9.66 Å². The van der Waals surface area contributed by atoms with E-state index in [1.54, 1.807) is 4.68 Å². The Labute approximate surface area is 209 Å². The molecule has 174 valence electrons. The van der Waals surface area contributed by atoms with Crippen LogP contribution >= 0.6 is 0 Å². The summed E-state index contributed by atoms with van der Waals surface area (Å²) < 4.78 is 1.79. The molecule has 1 atom stereocenters. The fraction of sp³-hybridized carbons (Fsp3) is 0.0606. The van der Waals surface area contributed by atoms with Crippen LogP contribution in [-0.2, 0) is 0 Å². The second-order valence-corrected chi connectivity index (χ2v) is 9.69. The van der Waals surface area contributed by atoms with E-state index >= 15 is 0 Å². The average Bonchev–Trinajstić information content (AvgIpc) is 3.44. The molecule has 0 radical (unpaired) electrons. The summed E-state index contributed by atoms with van der Waals surface area (Å²) in [5, 5.41) is 4.83. The van der Waals surface area contributed by atoms with Crippen molar-refractivity contribution < 1.29 is 0 Å². The van der Waals surface area contributed by atoms with Gasteiger partial charge in [0.25, 0.3) is 0 Å². The molecule has 0 saturated carbocycles. The summed E-state index contributed by atoms with van der Waals surface area (Å²) in [4.78, 5) is 3.69. The zero-order chi connectivity index (χ0) is 24.4. The monoisotopic (exact) mass is 464 g/mol. The van der Waals surface area contributed by atoms with Gasteiger partial charge >= 0.3 is 0 Å². The molecule has 36 heavy (non-hydrogen) atoms. The van der Waals surface area contributed by atoms with Crippen LogP contribution in [0.4, 0.5) is 0 Å². The van der Waals surface area contributed by atoms with E-state index in [2.05, 4.69) is 116 Å². The molecule has 3 heteroatoms. The lowest BCUT2D eigenvalue weighted by Crippen LogP contribution is -2.06. The molecule has 0 spiro atoms. The van der Waals surface area contributed by atoms with Crippen molar-refractivity contribution in [2.75, 3.05) is 5.84 Å². The number of para-hydroxylation sites is 2. The van der Waals surface area contributed by atoms with Gasteiger partial charge < -0.3 is 17.8 Å². The van der Waals surface area contributed by atoms with Crippen LogP contribution in [0.25, 0.3) is 65.9 Å². The smallest absolute Gasteiger partial charge is 0.0704 e. The van der Waals surface area contributed by atoms with Crippen LogP contribution in [0, 0.1) is 6.92 Å². The van der Waals surface area contributed by atoms with Crippen LogP contribution in [-0.4, -0.2) is 9.66 Å². The van der Waals surface area contributed by atoms with Crippen LogP contribution in [0.1, 0.15) is 18.4 Å². The van der Waals surface area contributed by atoms with Gasteiger partial charge in [0, 0.05) is 32.6 Å². The Bertz CT molecular complexity index is 1930. The summed E-state index contributed by atoms with van der Waals surface area (Å²) in [5.74, 6) is 6.63. The van der Waals surface area contributed by atoms with Gasteiger partial charge in [-0.05, 0) is 46.5 Å². The van der Waals surface area contributed by atoms with E-state index in [1.807, 2.05) is 6.07 Å². The Morgan fingerprint density at radius 3 is 2.25 bits per heavy atom. The Morgan fingerprint density at radius 1 is 0.694 bits per heavy atom. The molecule has 0 aliphatic heterocycles. The predicted octanol–water partition coefficient (Wildman–Crippen LogP) is 8.41. The van der Waals surface area contributed by atoms with Gasteiger partial charge in [-0.15, -0.1) is 5.92 Å². The first kappa shape index (κ1) is 20.8. The molecule has 0 unspecified atom stereocenters. The minimum atomic E-state index is 0.203. The fourth-order valence-corrected chi connectivity index (χ4v) is 5.77. The van der Waals surface area contributed by atoms with E-state index in [4.69, 9.17) is 5.84 Å². The highest BCUT2D eigenvalue weighted by Crippen LogP contribution is 2.41. The number of H-pyrrole nitrogens is 1. The number of nitrogens with zero attached hydrogens (tertiary/aromatic N) is 1. The zero-order valence-corrected chi connectivity index (χ0v) is 20.1. The second-order valence-electron chi connectivity index (χ2n) is 9.69. The largest absolute Gasteiger partial charge is 0.354 e. The summed E-state index contributed by atoms with van der Waals surface area (Å²) in [7, 11) is 0. The SMILES string of the molecule is [CH2-][C@H](C)c1cccc2c1[nH]c1cccc(-c3ccccc3-c3ccc4c(c3)c3ccccc3n4N)c12. The molecule has 7 aromatic rings. The number of rotatable bonds is 3. The number of aromatic amines is 1. The van der Waals surface area contributed by atoms with Crippen LogP contribution in [0.5, 0.6) is 0 Å². The topological polar surface area (TPSA) is 46.7 Å². The van der Waals surface area contributed by atoms with E-state index in [1.165, 1.54) is 54.9 Å². The molecule has 0 fully saturated rings. The third-order valence-corrected chi connectivity index (χ3v) is 7.46. The van der Waals surface area contributed by atoms with Crippen molar-refractivity contribution in [1.29, 1.82) is 0 Å². The molecular formula is C33H26N3-. The van der Waals surface area contributed by atoms with Gasteiger partial charge in [0.05, 0.1) is 11.0 Å². The summed E-state index contributed by atoms with van der Waals surface area (Å²) in [6.07, 6.45) is 0. The summed E-state index contributed by atoms with van der Waals surface area (Å²) in [6.45, 7) is 6.42. The molecule has 3 N–H and O–H groups in total. The van der Waals surface area contributed by atoms with Crippen molar-refractivity contribution in [3.8, 4) is 22.3 Å². The molecule has 7 rings (SSSR count). The first-order valence-electron chi connectivity index (χ1n) is 12.4. The minimum absolute atomic E-state index is 0.203. The molecular weight excluding hydrogens is 438 g/mol. The number of nitrogens with one attached hydrogen (secondary N) is 1. The Balaban J connectivity index is 1.50. The highest BCUT2D eigenvalue weighted by molar-refractivity contribution is 6.16. The van der Waals surface area contributed by atoms with Crippen LogP contribution < -0.4 is 5.84 Å². The lowest BCUT2D eigenvalue weighted by molar-refractivity contribution is 0.973. The van der Waals surface area contributed by atoms with Gasteiger partial charge in [-0.25, -0.2) is 0 Å². The zero-order valence-electron chi connectivity index (χ0n) is 20.1. The fourth-order valence-electron chi connectivity index (χ4n) is 5.77. The van der Waals surface area contributed by atoms with E-state index in [-0.39, 0.29) is 5.92 Å². The standard InChI is InChI=1S/C33H26N3/c1-20(2)22-12-7-14-27-32-26(13-8-15-29(32)35-33(22)27)24-10-4-3-9-23(24)21-17-18-31-28(19-21)25-11-5-6-16-30(25)36(31)34/h3-20,35H,1,34H2,2H3/q-1/t20-/m1/s1. The third kappa shape index (κ3) is 2.93. The summed E-state index contributed by atoms with van der Waals surface area (Å²) >= 11 is 0. The maximum atomic E-state index is 6.43. The number of aromatic nitrogens is 2. The van der Waals surface area contributed by atoms with Crippen LogP contribution in [0.15, 0.2) is 103 Å². The molecule has 5 aromatic carbocycles. The highest BCUT2D eigenvalue weighted by Gasteiger charge is 2.16. The van der Waals surface area contributed by atoms with Crippen molar-refractivity contribution >= 4 is 43.6 Å². The maximum Gasteiger partial charge on any atom is 0.0704 e.